The first-order chi connectivity index (χ1) is 9.51. The Labute approximate surface area is 120 Å². The summed E-state index contributed by atoms with van der Waals surface area (Å²) in [7, 11) is 1.78. The van der Waals surface area contributed by atoms with E-state index in [-0.39, 0.29) is 12.5 Å². The van der Waals surface area contributed by atoms with E-state index in [1.807, 2.05) is 0 Å². The third-order valence-electron chi connectivity index (χ3n) is 4.47. The zero-order chi connectivity index (χ0) is 14.6. The van der Waals surface area contributed by atoms with Gasteiger partial charge in [0.25, 0.3) is 0 Å². The van der Waals surface area contributed by atoms with Crippen molar-refractivity contribution in [3.8, 4) is 0 Å². The maximum atomic E-state index is 12.1. The maximum absolute atomic E-state index is 12.1. The molecule has 1 saturated heterocycles. The number of urea groups is 1. The molecule has 1 aliphatic heterocycles. The van der Waals surface area contributed by atoms with Gasteiger partial charge in [0.05, 0.1) is 12.0 Å². The fourth-order valence-electron chi connectivity index (χ4n) is 2.96. The molecule has 6 heteroatoms. The van der Waals surface area contributed by atoms with Crippen molar-refractivity contribution in [1.29, 1.82) is 0 Å². The summed E-state index contributed by atoms with van der Waals surface area (Å²) >= 11 is 0. The van der Waals surface area contributed by atoms with Crippen LogP contribution in [0.1, 0.15) is 38.5 Å². The quantitative estimate of drug-likeness (QED) is 0.766. The summed E-state index contributed by atoms with van der Waals surface area (Å²) in [4.78, 5) is 27.1. The van der Waals surface area contributed by atoms with Gasteiger partial charge in [-0.05, 0) is 45.2 Å². The van der Waals surface area contributed by atoms with Crippen molar-refractivity contribution >= 4 is 12.0 Å². The fraction of sp³-hybridized carbons (Fsp3) is 0.857. The molecule has 0 radical (unpaired) electrons. The molecule has 1 heterocycles. The lowest BCUT2D eigenvalue weighted by atomic mass is 9.74. The molecule has 0 aromatic rings. The smallest absolute Gasteiger partial charge is 0.317 e. The summed E-state index contributed by atoms with van der Waals surface area (Å²) in [5.41, 5.74) is -0.509. The molecule has 2 aliphatic rings. The van der Waals surface area contributed by atoms with Crippen molar-refractivity contribution in [2.45, 2.75) is 44.1 Å². The van der Waals surface area contributed by atoms with Gasteiger partial charge >= 0.3 is 12.0 Å². The van der Waals surface area contributed by atoms with Gasteiger partial charge in [-0.15, -0.1) is 0 Å². The Morgan fingerprint density at radius 1 is 1.25 bits per heavy atom. The number of hydrogen-bond donors (Lipinski definition) is 2. The normalized spacial score (nSPS) is 21.2. The molecule has 114 valence electrons. The molecule has 2 N–H and O–H groups in total. The van der Waals surface area contributed by atoms with Gasteiger partial charge in [0.1, 0.15) is 0 Å². The molecule has 20 heavy (non-hydrogen) atoms. The number of carbonyl (C=O) groups excluding carboxylic acids is 1. The number of carbonyl (C=O) groups is 2. The van der Waals surface area contributed by atoms with E-state index in [2.05, 4.69) is 10.2 Å². The Hall–Kier alpha value is -1.30. The summed E-state index contributed by atoms with van der Waals surface area (Å²) in [6, 6.07) is -0.148. The second kappa shape index (κ2) is 6.43. The van der Waals surface area contributed by atoms with Gasteiger partial charge < -0.3 is 20.2 Å². The second-order valence-electron chi connectivity index (χ2n) is 6.10. The van der Waals surface area contributed by atoms with E-state index in [1.54, 1.807) is 11.9 Å². The molecule has 6 nitrogen and oxygen atoms in total. The van der Waals surface area contributed by atoms with Crippen molar-refractivity contribution in [1.82, 2.24) is 15.1 Å². The molecular weight excluding hydrogens is 258 g/mol. The van der Waals surface area contributed by atoms with Crippen molar-refractivity contribution in [3.05, 3.63) is 0 Å². The molecule has 1 aliphatic carbocycles. The summed E-state index contributed by atoms with van der Waals surface area (Å²) < 4.78 is 0. The Bertz CT molecular complexity index is 363. The highest BCUT2D eigenvalue weighted by molar-refractivity contribution is 5.77. The summed E-state index contributed by atoms with van der Waals surface area (Å²) in [6.07, 6.45) is 5.05. The highest BCUT2D eigenvalue weighted by Crippen LogP contribution is 2.35. The first-order valence-corrected chi connectivity index (χ1v) is 7.48. The minimum Gasteiger partial charge on any atom is -0.481 e. The number of nitrogens with one attached hydrogen (secondary N) is 1. The van der Waals surface area contributed by atoms with Crippen LogP contribution in [0.5, 0.6) is 0 Å². The summed E-state index contributed by atoms with van der Waals surface area (Å²) in [6.45, 7) is 3.83. The first kappa shape index (κ1) is 15.1. The number of nitrogens with zero attached hydrogens (tertiary/aromatic N) is 2. The van der Waals surface area contributed by atoms with E-state index in [4.69, 9.17) is 5.11 Å². The standard InChI is InChI=1S/C14H25N3O3/c1-16(9-10-17-7-2-3-8-17)13(20)15-14(5-4-6-14)11-12(18)19/h2-11H2,1H3,(H,15,20)(H,18,19). The van der Waals surface area contributed by atoms with E-state index in [0.29, 0.717) is 6.54 Å². The van der Waals surface area contributed by atoms with Gasteiger partial charge in [0, 0.05) is 20.1 Å². The molecule has 2 rings (SSSR count). The highest BCUT2D eigenvalue weighted by Gasteiger charge is 2.40. The molecule has 0 spiro atoms. The number of likely N-dealkylation sites (N-methyl/N-ethyl adjacent to an activating group) is 1. The molecule has 0 bridgehead atoms. The molecule has 0 aromatic carbocycles. The van der Waals surface area contributed by atoms with Crippen LogP contribution >= 0.6 is 0 Å². The van der Waals surface area contributed by atoms with Crippen LogP contribution in [0.4, 0.5) is 4.79 Å². The fourth-order valence-corrected chi connectivity index (χ4v) is 2.96. The van der Waals surface area contributed by atoms with Crippen molar-refractivity contribution in [2.75, 3.05) is 33.2 Å². The third-order valence-corrected chi connectivity index (χ3v) is 4.47. The average Bonchev–Trinajstić information content (AvgIpc) is 2.85. The van der Waals surface area contributed by atoms with E-state index < -0.39 is 11.5 Å². The lowest BCUT2D eigenvalue weighted by Crippen LogP contribution is -2.57. The maximum Gasteiger partial charge on any atom is 0.317 e. The summed E-state index contributed by atoms with van der Waals surface area (Å²) in [5.74, 6) is -0.843. The third kappa shape index (κ3) is 3.85. The molecule has 1 saturated carbocycles. The first-order valence-electron chi connectivity index (χ1n) is 7.48. The van der Waals surface area contributed by atoms with Gasteiger partial charge in [0.2, 0.25) is 0 Å². The van der Waals surface area contributed by atoms with Crippen LogP contribution in [0.15, 0.2) is 0 Å². The predicted molar refractivity (Wildman–Crippen MR) is 75.7 cm³/mol. The number of hydrogen-bond acceptors (Lipinski definition) is 3. The van der Waals surface area contributed by atoms with E-state index in [1.165, 1.54) is 12.8 Å². The number of aliphatic carboxylic acids is 1. The molecule has 0 aromatic heterocycles. The van der Waals surface area contributed by atoms with Crippen LogP contribution in [-0.4, -0.2) is 65.7 Å². The number of carboxylic acids is 1. The molecule has 2 fully saturated rings. The van der Waals surface area contributed by atoms with Crippen molar-refractivity contribution in [3.63, 3.8) is 0 Å². The van der Waals surface area contributed by atoms with E-state index in [0.717, 1.165) is 38.9 Å². The Balaban J connectivity index is 1.76. The van der Waals surface area contributed by atoms with Crippen LogP contribution in [-0.2, 0) is 4.79 Å². The van der Waals surface area contributed by atoms with Gasteiger partial charge in [-0.25, -0.2) is 4.79 Å². The Kier molecular flexibility index (Phi) is 4.86. The number of rotatable bonds is 6. The topological polar surface area (TPSA) is 72.9 Å². The van der Waals surface area contributed by atoms with Crippen LogP contribution in [0, 0.1) is 0 Å². The molecule has 2 amide bonds. The number of carboxylic acid groups (broad SMARTS) is 1. The lowest BCUT2D eigenvalue weighted by Gasteiger charge is -2.42. The minimum absolute atomic E-state index is 0.0265. The van der Waals surface area contributed by atoms with E-state index >= 15 is 0 Å². The highest BCUT2D eigenvalue weighted by atomic mass is 16.4. The second-order valence-corrected chi connectivity index (χ2v) is 6.10. The van der Waals surface area contributed by atoms with E-state index in [9.17, 15) is 9.59 Å². The van der Waals surface area contributed by atoms with Crippen LogP contribution in [0.2, 0.25) is 0 Å². The molecular formula is C14H25N3O3. The van der Waals surface area contributed by atoms with Crippen LogP contribution in [0.3, 0.4) is 0 Å². The zero-order valence-electron chi connectivity index (χ0n) is 12.2. The van der Waals surface area contributed by atoms with Crippen molar-refractivity contribution < 1.29 is 14.7 Å². The monoisotopic (exact) mass is 283 g/mol. The van der Waals surface area contributed by atoms with Crippen LogP contribution in [0.25, 0.3) is 0 Å². The van der Waals surface area contributed by atoms with Gasteiger partial charge in [-0.2, -0.15) is 0 Å². The Morgan fingerprint density at radius 3 is 2.40 bits per heavy atom. The molecule has 0 atom stereocenters. The largest absolute Gasteiger partial charge is 0.481 e. The van der Waals surface area contributed by atoms with Gasteiger partial charge in [-0.3, -0.25) is 4.79 Å². The predicted octanol–water partition coefficient (Wildman–Crippen LogP) is 1.12. The number of likely N-dealkylation sites (tertiary alicyclic amines) is 1. The van der Waals surface area contributed by atoms with Crippen molar-refractivity contribution in [2.24, 2.45) is 0 Å². The zero-order valence-corrected chi connectivity index (χ0v) is 12.2. The lowest BCUT2D eigenvalue weighted by molar-refractivity contribution is -0.139. The van der Waals surface area contributed by atoms with Gasteiger partial charge in [-0.1, -0.05) is 0 Å². The Morgan fingerprint density at radius 2 is 1.90 bits per heavy atom. The SMILES string of the molecule is CN(CCN1CCCC1)C(=O)NC1(CC(=O)O)CCC1. The van der Waals surface area contributed by atoms with Crippen LogP contribution < -0.4 is 5.32 Å². The molecule has 0 unspecified atom stereocenters. The van der Waals surface area contributed by atoms with Gasteiger partial charge in [0.15, 0.2) is 0 Å². The number of amides is 2. The summed E-state index contributed by atoms with van der Waals surface area (Å²) in [5, 5.41) is 11.9. The minimum atomic E-state index is -0.843. The average molecular weight is 283 g/mol.